The molecule has 0 saturated carbocycles. The van der Waals surface area contributed by atoms with Crippen molar-refractivity contribution in [2.24, 2.45) is 4.99 Å². The third kappa shape index (κ3) is 3.87. The number of rotatable bonds is 4. The average Bonchev–Trinajstić information content (AvgIpc) is 3.05. The van der Waals surface area contributed by atoms with Gasteiger partial charge in [0.15, 0.2) is 9.86 Å². The van der Waals surface area contributed by atoms with Gasteiger partial charge in [-0.3, -0.25) is 9.79 Å². The highest BCUT2D eigenvalue weighted by molar-refractivity contribution is 9.10. The lowest BCUT2D eigenvalue weighted by atomic mass is 10.1. The Labute approximate surface area is 151 Å². The minimum absolute atomic E-state index is 0.0448. The molecule has 0 radical (unpaired) electrons. The summed E-state index contributed by atoms with van der Waals surface area (Å²) in [5.74, 6) is 1.56. The summed E-state index contributed by atoms with van der Waals surface area (Å²) in [5.41, 5.74) is 1.31. The highest BCUT2D eigenvalue weighted by Gasteiger charge is 2.42. The first-order valence-electron chi connectivity index (χ1n) is 6.98. The lowest BCUT2D eigenvalue weighted by molar-refractivity contribution is 0.0998. The van der Waals surface area contributed by atoms with Crippen molar-refractivity contribution in [3.05, 3.63) is 64.4 Å². The Morgan fingerprint density at radius 3 is 2.30 bits per heavy atom. The highest BCUT2D eigenvalue weighted by Crippen LogP contribution is 2.45. The molecule has 0 aliphatic carbocycles. The Bertz CT molecular complexity index is 725. The molecule has 0 spiro atoms. The first kappa shape index (κ1) is 16.7. The van der Waals surface area contributed by atoms with E-state index in [-0.39, 0.29) is 11.6 Å². The molecule has 2 aromatic rings. The summed E-state index contributed by atoms with van der Waals surface area (Å²) in [6.45, 7) is 0. The summed E-state index contributed by atoms with van der Waals surface area (Å²) in [4.78, 5) is 17.3. The molecule has 0 bridgehead atoms. The molecule has 1 aliphatic rings. The van der Waals surface area contributed by atoms with Crippen LogP contribution in [0.4, 0.5) is 10.1 Å². The maximum Gasteiger partial charge on any atom is 0.194 e. The standard InChI is InChI=1S/C17H13BrFNOS2/c18-13-3-1-12(2-4-13)16(21)17(22-9-10-23-17)11-20-15-7-5-14(19)6-8-15/h1-8,11H,9-10H2. The Kier molecular flexibility index (Phi) is 5.24. The van der Waals surface area contributed by atoms with Gasteiger partial charge in [0, 0.05) is 27.8 Å². The number of carbonyl (C=O) groups is 1. The van der Waals surface area contributed by atoms with Gasteiger partial charge in [0.25, 0.3) is 0 Å². The molecule has 0 N–H and O–H groups in total. The summed E-state index contributed by atoms with van der Waals surface area (Å²) in [7, 11) is 0. The van der Waals surface area contributed by atoms with Crippen molar-refractivity contribution in [2.45, 2.75) is 4.08 Å². The van der Waals surface area contributed by atoms with Crippen LogP contribution in [0.2, 0.25) is 0 Å². The number of ketones is 1. The van der Waals surface area contributed by atoms with E-state index in [2.05, 4.69) is 20.9 Å². The van der Waals surface area contributed by atoms with Crippen LogP contribution >= 0.6 is 39.5 Å². The number of thioether (sulfide) groups is 2. The fraction of sp³-hybridized carbons (Fsp3) is 0.176. The molecule has 118 valence electrons. The third-order valence-corrected chi connectivity index (χ3v) is 7.10. The fourth-order valence-corrected chi connectivity index (χ4v) is 5.30. The molecule has 2 nitrogen and oxygen atoms in total. The van der Waals surface area contributed by atoms with Gasteiger partial charge >= 0.3 is 0 Å². The van der Waals surface area contributed by atoms with Crippen molar-refractivity contribution < 1.29 is 9.18 Å². The average molecular weight is 410 g/mol. The van der Waals surface area contributed by atoms with Gasteiger partial charge in [0.1, 0.15) is 5.82 Å². The Hall–Kier alpha value is -1.11. The van der Waals surface area contributed by atoms with Crippen molar-refractivity contribution in [1.82, 2.24) is 0 Å². The van der Waals surface area contributed by atoms with Gasteiger partial charge in [0.05, 0.1) is 5.69 Å². The Morgan fingerprint density at radius 2 is 1.70 bits per heavy atom. The minimum Gasteiger partial charge on any atom is -0.291 e. The Morgan fingerprint density at radius 1 is 1.09 bits per heavy atom. The molecule has 2 aromatic carbocycles. The molecule has 1 aliphatic heterocycles. The molecule has 1 fully saturated rings. The van der Waals surface area contributed by atoms with Crippen LogP contribution in [-0.2, 0) is 0 Å². The number of hydrogen-bond donors (Lipinski definition) is 0. The zero-order valence-corrected chi connectivity index (χ0v) is 15.3. The van der Waals surface area contributed by atoms with Crippen LogP contribution in [-0.4, -0.2) is 27.6 Å². The summed E-state index contributed by atoms with van der Waals surface area (Å²) in [6.07, 6.45) is 1.70. The van der Waals surface area contributed by atoms with Crippen molar-refractivity contribution in [3.8, 4) is 0 Å². The van der Waals surface area contributed by atoms with Crippen LogP contribution in [0.25, 0.3) is 0 Å². The van der Waals surface area contributed by atoms with E-state index < -0.39 is 4.08 Å². The van der Waals surface area contributed by atoms with E-state index in [9.17, 15) is 9.18 Å². The zero-order valence-electron chi connectivity index (χ0n) is 12.0. The maximum atomic E-state index is 13.0. The highest BCUT2D eigenvalue weighted by atomic mass is 79.9. The van der Waals surface area contributed by atoms with E-state index in [0.717, 1.165) is 16.0 Å². The predicted octanol–water partition coefficient (Wildman–Crippen LogP) is 5.35. The number of hydrogen-bond acceptors (Lipinski definition) is 4. The van der Waals surface area contributed by atoms with Gasteiger partial charge in [-0.1, -0.05) is 28.1 Å². The van der Waals surface area contributed by atoms with E-state index in [4.69, 9.17) is 0 Å². The molecule has 0 unspecified atom stereocenters. The molecule has 3 rings (SSSR count). The molecule has 6 heteroatoms. The van der Waals surface area contributed by atoms with Crippen LogP contribution in [0.1, 0.15) is 10.4 Å². The molecule has 0 aromatic heterocycles. The van der Waals surface area contributed by atoms with Crippen LogP contribution in [0, 0.1) is 5.82 Å². The van der Waals surface area contributed by atoms with E-state index in [1.54, 1.807) is 41.9 Å². The molecule has 1 saturated heterocycles. The summed E-state index contributed by atoms with van der Waals surface area (Å²) in [5, 5.41) is 0. The molecule has 1 heterocycles. The molecule has 23 heavy (non-hydrogen) atoms. The van der Waals surface area contributed by atoms with Crippen molar-refractivity contribution in [2.75, 3.05) is 11.5 Å². The minimum atomic E-state index is -0.706. The smallest absolute Gasteiger partial charge is 0.194 e. The topological polar surface area (TPSA) is 29.4 Å². The van der Waals surface area contributed by atoms with Gasteiger partial charge in [-0.15, -0.1) is 23.5 Å². The van der Waals surface area contributed by atoms with Crippen LogP contribution < -0.4 is 0 Å². The van der Waals surface area contributed by atoms with Crippen molar-refractivity contribution >= 4 is 57.1 Å². The number of Topliss-reactive ketones (excluding diaryl/α,β-unsaturated/α-hetero) is 1. The van der Waals surface area contributed by atoms with Crippen LogP contribution in [0.3, 0.4) is 0 Å². The quantitative estimate of drug-likeness (QED) is 0.503. The number of halogens is 2. The van der Waals surface area contributed by atoms with E-state index in [0.29, 0.717) is 11.3 Å². The number of aliphatic imine (C=N–C) groups is 1. The lowest BCUT2D eigenvalue weighted by Crippen LogP contribution is -2.31. The summed E-state index contributed by atoms with van der Waals surface area (Å²) >= 11 is 6.58. The van der Waals surface area contributed by atoms with Gasteiger partial charge < -0.3 is 0 Å². The normalized spacial score (nSPS) is 16.8. The van der Waals surface area contributed by atoms with E-state index in [1.807, 2.05) is 24.3 Å². The maximum absolute atomic E-state index is 13.0. The second kappa shape index (κ2) is 7.20. The SMILES string of the molecule is O=C(c1ccc(Br)cc1)C1(C=Nc2ccc(F)cc2)SCCS1. The number of carbonyl (C=O) groups excluding carboxylic acids is 1. The van der Waals surface area contributed by atoms with Gasteiger partial charge in [-0.25, -0.2) is 4.39 Å². The molecule has 0 amide bonds. The largest absolute Gasteiger partial charge is 0.291 e. The van der Waals surface area contributed by atoms with Gasteiger partial charge in [-0.2, -0.15) is 0 Å². The van der Waals surface area contributed by atoms with Crippen LogP contribution in [0.5, 0.6) is 0 Å². The van der Waals surface area contributed by atoms with Crippen LogP contribution in [0.15, 0.2) is 58.0 Å². The van der Waals surface area contributed by atoms with E-state index in [1.165, 1.54) is 12.1 Å². The predicted molar refractivity (Wildman–Crippen MR) is 101 cm³/mol. The summed E-state index contributed by atoms with van der Waals surface area (Å²) < 4.78 is 13.2. The monoisotopic (exact) mass is 409 g/mol. The molecular weight excluding hydrogens is 397 g/mol. The first-order chi connectivity index (χ1) is 11.1. The second-order valence-electron chi connectivity index (χ2n) is 4.94. The second-order valence-corrected chi connectivity index (χ2v) is 8.79. The Balaban J connectivity index is 1.88. The summed E-state index contributed by atoms with van der Waals surface area (Å²) in [6, 6.07) is 13.3. The van der Waals surface area contributed by atoms with Crippen molar-refractivity contribution in [1.29, 1.82) is 0 Å². The van der Waals surface area contributed by atoms with Gasteiger partial charge in [0.2, 0.25) is 0 Å². The lowest BCUT2D eigenvalue weighted by Gasteiger charge is -2.20. The van der Waals surface area contributed by atoms with E-state index >= 15 is 0 Å². The van der Waals surface area contributed by atoms with Gasteiger partial charge in [-0.05, 0) is 36.4 Å². The third-order valence-electron chi connectivity index (χ3n) is 3.35. The first-order valence-corrected chi connectivity index (χ1v) is 9.75. The fourth-order valence-electron chi connectivity index (χ4n) is 2.18. The number of benzene rings is 2. The zero-order chi connectivity index (χ0) is 16.3. The molecule has 0 atom stereocenters. The molecular formula is C17H13BrFNOS2. The van der Waals surface area contributed by atoms with Crippen molar-refractivity contribution in [3.63, 3.8) is 0 Å². The number of nitrogens with zero attached hydrogens (tertiary/aromatic N) is 1.